The monoisotopic (exact) mass is 251 g/mol. The molecule has 0 saturated carbocycles. The van der Waals surface area contributed by atoms with Crippen LogP contribution in [0.25, 0.3) is 0 Å². The lowest BCUT2D eigenvalue weighted by atomic mass is 9.97. The summed E-state index contributed by atoms with van der Waals surface area (Å²) >= 11 is 0. The lowest BCUT2D eigenvalue weighted by Crippen LogP contribution is -2.17. The minimum Gasteiger partial charge on any atom is -0.507 e. The van der Waals surface area contributed by atoms with Crippen molar-refractivity contribution in [2.75, 3.05) is 13.7 Å². The van der Waals surface area contributed by atoms with Crippen molar-refractivity contribution in [2.45, 2.75) is 19.4 Å². The van der Waals surface area contributed by atoms with Gasteiger partial charge < -0.3 is 20.3 Å². The predicted molar refractivity (Wildman–Crippen MR) is 65.9 cm³/mol. The molecule has 5 nitrogen and oxygen atoms in total. The maximum Gasteiger partial charge on any atom is 0.307 e. The van der Waals surface area contributed by atoms with Crippen LogP contribution in [0.1, 0.15) is 23.6 Å². The van der Waals surface area contributed by atoms with Crippen LogP contribution in [0.15, 0.2) is 12.1 Å². The van der Waals surface area contributed by atoms with Gasteiger partial charge in [-0.3, -0.25) is 4.79 Å². The number of hydrogen-bond donors (Lipinski definition) is 3. The van der Waals surface area contributed by atoms with Gasteiger partial charge in [-0.05, 0) is 25.0 Å². The smallest absolute Gasteiger partial charge is 0.307 e. The Morgan fingerprint density at radius 3 is 2.78 bits per heavy atom. The molecule has 0 aromatic heterocycles. The molecule has 1 aromatic rings. The summed E-state index contributed by atoms with van der Waals surface area (Å²) in [5, 5.41) is 22.1. The Hall–Kier alpha value is -1.75. The third-order valence-electron chi connectivity index (χ3n) is 3.40. The summed E-state index contributed by atoms with van der Waals surface area (Å²) in [7, 11) is 1.55. The van der Waals surface area contributed by atoms with Gasteiger partial charge in [0.2, 0.25) is 0 Å². The van der Waals surface area contributed by atoms with Crippen LogP contribution in [0.2, 0.25) is 0 Å². The molecule has 1 aromatic carbocycles. The van der Waals surface area contributed by atoms with Gasteiger partial charge in [-0.15, -0.1) is 0 Å². The summed E-state index contributed by atoms with van der Waals surface area (Å²) in [5.74, 6) is -0.420. The molecule has 0 spiro atoms. The fourth-order valence-electron chi connectivity index (χ4n) is 2.36. The van der Waals surface area contributed by atoms with Crippen LogP contribution in [-0.4, -0.2) is 29.8 Å². The minimum absolute atomic E-state index is 0.115. The number of hydrogen-bond acceptors (Lipinski definition) is 4. The van der Waals surface area contributed by atoms with E-state index in [1.807, 2.05) is 13.0 Å². The van der Waals surface area contributed by atoms with E-state index < -0.39 is 11.9 Å². The van der Waals surface area contributed by atoms with Crippen LogP contribution in [0.3, 0.4) is 0 Å². The van der Waals surface area contributed by atoms with Crippen LogP contribution >= 0.6 is 0 Å². The van der Waals surface area contributed by atoms with Gasteiger partial charge in [0.25, 0.3) is 0 Å². The van der Waals surface area contributed by atoms with E-state index in [9.17, 15) is 9.90 Å². The van der Waals surface area contributed by atoms with Crippen molar-refractivity contribution in [3.05, 3.63) is 23.3 Å². The molecule has 0 aliphatic carbocycles. The van der Waals surface area contributed by atoms with Crippen molar-refractivity contribution in [1.82, 2.24) is 5.32 Å². The number of aryl methyl sites for hydroxylation is 1. The molecule has 1 aliphatic heterocycles. The van der Waals surface area contributed by atoms with Gasteiger partial charge in [-0.1, -0.05) is 0 Å². The average Bonchev–Trinajstić information content (AvgIpc) is 2.81. The van der Waals surface area contributed by atoms with Crippen molar-refractivity contribution in [3.8, 4) is 11.5 Å². The zero-order valence-corrected chi connectivity index (χ0v) is 10.4. The highest BCUT2D eigenvalue weighted by atomic mass is 16.5. The Morgan fingerprint density at radius 2 is 2.22 bits per heavy atom. The molecule has 5 heteroatoms. The Bertz CT molecular complexity index is 472. The third-order valence-corrected chi connectivity index (χ3v) is 3.40. The lowest BCUT2D eigenvalue weighted by molar-refractivity contribution is -0.141. The first-order valence-electron chi connectivity index (χ1n) is 5.86. The Morgan fingerprint density at radius 1 is 1.50 bits per heavy atom. The molecule has 0 bridgehead atoms. The van der Waals surface area contributed by atoms with Crippen LogP contribution in [-0.2, 0) is 4.79 Å². The summed E-state index contributed by atoms with van der Waals surface area (Å²) in [6.45, 7) is 2.33. The highest BCUT2D eigenvalue weighted by molar-refractivity contribution is 5.71. The van der Waals surface area contributed by atoms with E-state index in [2.05, 4.69) is 5.32 Å². The number of nitrogens with one attached hydrogen (secondary N) is 1. The number of benzene rings is 1. The van der Waals surface area contributed by atoms with E-state index in [1.54, 1.807) is 13.2 Å². The number of aromatic hydroxyl groups is 1. The number of phenols is 1. The summed E-state index contributed by atoms with van der Waals surface area (Å²) in [6.07, 6.45) is 0.495. The number of carboxylic acid groups (broad SMARTS) is 1. The molecule has 1 heterocycles. The molecule has 3 N–H and O–H groups in total. The molecule has 98 valence electrons. The van der Waals surface area contributed by atoms with E-state index in [-0.39, 0.29) is 11.8 Å². The second-order valence-corrected chi connectivity index (χ2v) is 4.61. The molecule has 2 rings (SSSR count). The molecular formula is C13H17NO4. The highest BCUT2D eigenvalue weighted by Gasteiger charge is 2.31. The topological polar surface area (TPSA) is 78.8 Å². The molecule has 1 saturated heterocycles. The molecule has 1 fully saturated rings. The van der Waals surface area contributed by atoms with Crippen molar-refractivity contribution in [3.63, 3.8) is 0 Å². The van der Waals surface area contributed by atoms with E-state index >= 15 is 0 Å². The summed E-state index contributed by atoms with van der Waals surface area (Å²) in [4.78, 5) is 10.9. The fraction of sp³-hybridized carbons (Fsp3) is 0.462. The quantitative estimate of drug-likeness (QED) is 0.757. The number of methoxy groups -OCH3 is 1. The zero-order chi connectivity index (χ0) is 13.3. The van der Waals surface area contributed by atoms with Crippen LogP contribution in [0.5, 0.6) is 11.5 Å². The Balaban J connectivity index is 2.25. The molecule has 0 radical (unpaired) electrons. The van der Waals surface area contributed by atoms with Crippen LogP contribution in [0, 0.1) is 12.8 Å². The standard InChI is InChI=1S/C13H17NO4/c1-7-3-9(11(15)5-12(7)18-2)10-4-8(6-14-10)13(16)17/h3,5,8,10,14-15H,4,6H2,1-2H3,(H,16,17). The molecule has 18 heavy (non-hydrogen) atoms. The maximum absolute atomic E-state index is 10.9. The molecule has 2 atom stereocenters. The molecule has 0 amide bonds. The number of ether oxygens (including phenoxy) is 1. The van der Waals surface area contributed by atoms with Crippen LogP contribution in [0.4, 0.5) is 0 Å². The number of aliphatic carboxylic acids is 1. The molecule has 1 aliphatic rings. The number of rotatable bonds is 3. The Kier molecular flexibility index (Phi) is 3.43. The summed E-state index contributed by atoms with van der Waals surface area (Å²) < 4.78 is 5.13. The second kappa shape index (κ2) is 4.86. The van der Waals surface area contributed by atoms with Gasteiger partial charge in [0.1, 0.15) is 11.5 Å². The summed E-state index contributed by atoms with van der Waals surface area (Å²) in [5.41, 5.74) is 1.66. The zero-order valence-electron chi connectivity index (χ0n) is 10.4. The summed E-state index contributed by atoms with van der Waals surface area (Å²) in [6, 6.07) is 3.30. The van der Waals surface area contributed by atoms with Gasteiger partial charge in [-0.2, -0.15) is 0 Å². The lowest BCUT2D eigenvalue weighted by Gasteiger charge is -2.15. The van der Waals surface area contributed by atoms with E-state index in [0.717, 1.165) is 11.1 Å². The molecular weight excluding hydrogens is 234 g/mol. The number of phenolic OH excluding ortho intramolecular Hbond substituents is 1. The second-order valence-electron chi connectivity index (χ2n) is 4.61. The van der Waals surface area contributed by atoms with Gasteiger partial charge in [0.15, 0.2) is 0 Å². The average molecular weight is 251 g/mol. The van der Waals surface area contributed by atoms with Gasteiger partial charge in [-0.25, -0.2) is 0 Å². The predicted octanol–water partition coefficient (Wildman–Crippen LogP) is 1.44. The Labute approximate surface area is 105 Å². The molecule has 2 unspecified atom stereocenters. The van der Waals surface area contributed by atoms with Gasteiger partial charge in [0.05, 0.1) is 13.0 Å². The number of carbonyl (C=O) groups is 1. The largest absolute Gasteiger partial charge is 0.507 e. The van der Waals surface area contributed by atoms with E-state index in [1.165, 1.54) is 0 Å². The third kappa shape index (κ3) is 2.26. The van der Waals surface area contributed by atoms with Gasteiger partial charge in [0, 0.05) is 24.2 Å². The van der Waals surface area contributed by atoms with E-state index in [0.29, 0.717) is 18.7 Å². The normalized spacial score (nSPS) is 23.0. The first-order chi connectivity index (χ1) is 8.52. The first-order valence-corrected chi connectivity index (χ1v) is 5.86. The highest BCUT2D eigenvalue weighted by Crippen LogP contribution is 2.36. The first kappa shape index (κ1) is 12.7. The van der Waals surface area contributed by atoms with E-state index in [4.69, 9.17) is 9.84 Å². The van der Waals surface area contributed by atoms with Crippen molar-refractivity contribution in [1.29, 1.82) is 0 Å². The number of carboxylic acids is 1. The van der Waals surface area contributed by atoms with Crippen molar-refractivity contribution < 1.29 is 19.7 Å². The minimum atomic E-state index is -0.797. The van der Waals surface area contributed by atoms with Crippen molar-refractivity contribution in [2.24, 2.45) is 5.92 Å². The van der Waals surface area contributed by atoms with Crippen LogP contribution < -0.4 is 10.1 Å². The maximum atomic E-state index is 10.9. The van der Waals surface area contributed by atoms with Gasteiger partial charge >= 0.3 is 5.97 Å². The SMILES string of the molecule is COc1cc(O)c(C2CC(C(=O)O)CN2)cc1C. The van der Waals surface area contributed by atoms with Crippen molar-refractivity contribution >= 4 is 5.97 Å². The fourth-order valence-corrected chi connectivity index (χ4v) is 2.36.